The Hall–Kier alpha value is -2.80. The first-order valence-corrected chi connectivity index (χ1v) is 13.2. The highest BCUT2D eigenvalue weighted by Crippen LogP contribution is 2.37. The van der Waals surface area contributed by atoms with E-state index in [-0.39, 0.29) is 12.6 Å². The molecule has 0 atom stereocenters. The number of carbonyl (C=O) groups excluding carboxylic acids is 1. The summed E-state index contributed by atoms with van der Waals surface area (Å²) in [6, 6.07) is 7.65. The molecule has 2 fully saturated rings. The molecule has 7 nitrogen and oxygen atoms in total. The number of ketones is 1. The van der Waals surface area contributed by atoms with Crippen LogP contribution in [0.25, 0.3) is 0 Å². The zero-order valence-corrected chi connectivity index (χ0v) is 20.4. The van der Waals surface area contributed by atoms with E-state index in [0.717, 1.165) is 68.0 Å². The van der Waals surface area contributed by atoms with Crippen molar-refractivity contribution in [2.45, 2.75) is 44.9 Å². The van der Waals surface area contributed by atoms with Crippen LogP contribution in [-0.4, -0.2) is 61.8 Å². The first-order chi connectivity index (χ1) is 17.2. The van der Waals surface area contributed by atoms with Gasteiger partial charge in [0.25, 0.3) is 0 Å². The fourth-order valence-corrected chi connectivity index (χ4v) is 6.04. The van der Waals surface area contributed by atoms with Gasteiger partial charge in [0.15, 0.2) is 28.8 Å². The summed E-state index contributed by atoms with van der Waals surface area (Å²) >= 11 is 0. The average molecular weight is 478 g/mol. The van der Waals surface area contributed by atoms with E-state index in [4.69, 9.17) is 14.2 Å². The fraction of sp³-hybridized carbons (Fsp3) is 0.571. The standard InChI is InChI=1S/C28H35N3O4/c32-24(23-5-6-25-26(18-23)35-19-34-25)17-21-3-1-20(2-4-21)8-11-30-12-14-31(15-13-30)28-27-22(7-10-29-28)9-16-33-27/h5-7,10,18,20-21H,1-4,8-9,11-17,19H2. The molecule has 35 heavy (non-hydrogen) atoms. The van der Waals surface area contributed by atoms with E-state index < -0.39 is 0 Å². The minimum Gasteiger partial charge on any atom is -0.489 e. The number of Topliss-reactive ketones (excluding diaryl/α,β-unsaturated/α-hetero) is 1. The number of ether oxygens (including phenoxy) is 3. The number of rotatable bonds is 7. The van der Waals surface area contributed by atoms with Gasteiger partial charge in [0, 0.05) is 56.3 Å². The lowest BCUT2D eigenvalue weighted by Gasteiger charge is -2.37. The number of aromatic nitrogens is 1. The molecule has 1 aliphatic carbocycles. The first kappa shape index (κ1) is 22.7. The number of hydrogen-bond donors (Lipinski definition) is 0. The van der Waals surface area contributed by atoms with Gasteiger partial charge in [-0.1, -0.05) is 12.8 Å². The van der Waals surface area contributed by atoms with Gasteiger partial charge in [-0.25, -0.2) is 4.98 Å². The third kappa shape index (κ3) is 4.96. The molecular formula is C28H35N3O4. The van der Waals surface area contributed by atoms with Gasteiger partial charge in [-0.2, -0.15) is 0 Å². The first-order valence-electron chi connectivity index (χ1n) is 13.2. The summed E-state index contributed by atoms with van der Waals surface area (Å²) in [5, 5.41) is 0. The average Bonchev–Trinajstić information content (AvgIpc) is 3.57. The second-order valence-electron chi connectivity index (χ2n) is 10.4. The van der Waals surface area contributed by atoms with Gasteiger partial charge in [-0.3, -0.25) is 9.69 Å². The smallest absolute Gasteiger partial charge is 0.231 e. The Balaban J connectivity index is 0.918. The number of carbonyl (C=O) groups is 1. The van der Waals surface area contributed by atoms with Crippen molar-refractivity contribution in [2.75, 3.05) is 51.0 Å². The van der Waals surface area contributed by atoms with Crippen molar-refractivity contribution >= 4 is 11.6 Å². The molecule has 4 heterocycles. The van der Waals surface area contributed by atoms with Crippen LogP contribution in [0.3, 0.4) is 0 Å². The van der Waals surface area contributed by atoms with E-state index in [1.165, 1.54) is 44.2 Å². The fourth-order valence-electron chi connectivity index (χ4n) is 6.04. The largest absolute Gasteiger partial charge is 0.489 e. The van der Waals surface area contributed by atoms with E-state index in [9.17, 15) is 4.79 Å². The van der Waals surface area contributed by atoms with Crippen molar-refractivity contribution in [1.82, 2.24) is 9.88 Å². The molecule has 0 radical (unpaired) electrons. The Morgan fingerprint density at radius 1 is 0.943 bits per heavy atom. The van der Waals surface area contributed by atoms with Crippen LogP contribution in [0, 0.1) is 11.8 Å². The lowest BCUT2D eigenvalue weighted by atomic mass is 9.78. The summed E-state index contributed by atoms with van der Waals surface area (Å²) in [6.45, 7) is 6.41. The van der Waals surface area contributed by atoms with E-state index in [1.807, 2.05) is 24.4 Å². The molecule has 1 aromatic carbocycles. The number of fused-ring (bicyclic) bond motifs is 2. The van der Waals surface area contributed by atoms with Crippen LogP contribution >= 0.6 is 0 Å². The molecule has 0 N–H and O–H groups in total. The Morgan fingerprint density at radius 2 is 1.74 bits per heavy atom. The monoisotopic (exact) mass is 477 g/mol. The van der Waals surface area contributed by atoms with Crippen LogP contribution in [0.1, 0.15) is 54.4 Å². The van der Waals surface area contributed by atoms with Gasteiger partial charge in [0.1, 0.15) is 0 Å². The Morgan fingerprint density at radius 3 is 2.60 bits per heavy atom. The molecule has 1 saturated heterocycles. The van der Waals surface area contributed by atoms with Crippen LogP contribution in [0.4, 0.5) is 5.82 Å². The number of anilines is 1. The number of benzene rings is 1. The third-order valence-electron chi connectivity index (χ3n) is 8.25. The van der Waals surface area contributed by atoms with Crippen LogP contribution in [0.5, 0.6) is 17.2 Å². The van der Waals surface area contributed by atoms with Gasteiger partial charge in [-0.05, 0) is 61.9 Å². The van der Waals surface area contributed by atoms with Gasteiger partial charge < -0.3 is 19.1 Å². The van der Waals surface area contributed by atoms with Gasteiger partial charge in [0.05, 0.1) is 6.61 Å². The van der Waals surface area contributed by atoms with Gasteiger partial charge in [-0.15, -0.1) is 0 Å². The Kier molecular flexibility index (Phi) is 6.51. The SMILES string of the molecule is O=C(CC1CCC(CCN2CCN(c3nccc4c3OCC4)CC2)CC1)c1ccc2c(c1)OCO2. The van der Waals surface area contributed by atoms with Gasteiger partial charge >= 0.3 is 0 Å². The van der Waals surface area contributed by atoms with Crippen molar-refractivity contribution in [3.05, 3.63) is 41.6 Å². The quantitative estimate of drug-likeness (QED) is 0.550. The molecule has 7 heteroatoms. The van der Waals surface area contributed by atoms with Crippen molar-refractivity contribution in [1.29, 1.82) is 0 Å². The summed E-state index contributed by atoms with van der Waals surface area (Å²) in [6.07, 6.45) is 9.67. The van der Waals surface area contributed by atoms with Crippen molar-refractivity contribution in [3.8, 4) is 17.2 Å². The number of piperazine rings is 1. The van der Waals surface area contributed by atoms with Crippen LogP contribution < -0.4 is 19.1 Å². The second kappa shape index (κ2) is 10.1. The summed E-state index contributed by atoms with van der Waals surface area (Å²) in [7, 11) is 0. The second-order valence-corrected chi connectivity index (χ2v) is 10.4. The molecule has 3 aliphatic heterocycles. The van der Waals surface area contributed by atoms with Crippen LogP contribution in [0.15, 0.2) is 30.5 Å². The highest BCUT2D eigenvalue weighted by Gasteiger charge is 2.27. The lowest BCUT2D eigenvalue weighted by Crippen LogP contribution is -2.47. The highest BCUT2D eigenvalue weighted by molar-refractivity contribution is 5.96. The molecule has 186 valence electrons. The molecular weight excluding hydrogens is 442 g/mol. The molecule has 0 bridgehead atoms. The summed E-state index contributed by atoms with van der Waals surface area (Å²) in [4.78, 5) is 22.4. The summed E-state index contributed by atoms with van der Waals surface area (Å²) in [5.41, 5.74) is 2.04. The maximum absolute atomic E-state index is 12.8. The van der Waals surface area contributed by atoms with E-state index in [2.05, 4.69) is 20.9 Å². The molecule has 0 unspecified atom stereocenters. The van der Waals surface area contributed by atoms with E-state index in [1.54, 1.807) is 0 Å². The predicted octanol–water partition coefficient (Wildman–Crippen LogP) is 4.34. The number of hydrogen-bond acceptors (Lipinski definition) is 7. The zero-order chi connectivity index (χ0) is 23.6. The zero-order valence-electron chi connectivity index (χ0n) is 20.4. The maximum Gasteiger partial charge on any atom is 0.231 e. The van der Waals surface area contributed by atoms with Crippen LogP contribution in [0.2, 0.25) is 0 Å². The van der Waals surface area contributed by atoms with Crippen molar-refractivity contribution in [2.24, 2.45) is 11.8 Å². The molecule has 0 amide bonds. The Labute approximate surface area is 207 Å². The normalized spacial score (nSPS) is 23.7. The molecule has 2 aromatic rings. The summed E-state index contributed by atoms with van der Waals surface area (Å²) < 4.78 is 16.6. The highest BCUT2D eigenvalue weighted by atomic mass is 16.7. The minimum absolute atomic E-state index is 0.230. The van der Waals surface area contributed by atoms with Gasteiger partial charge in [0.2, 0.25) is 6.79 Å². The molecule has 1 aromatic heterocycles. The maximum atomic E-state index is 12.8. The molecule has 0 spiro atoms. The van der Waals surface area contributed by atoms with Crippen molar-refractivity contribution < 1.29 is 19.0 Å². The number of nitrogens with zero attached hydrogens (tertiary/aromatic N) is 3. The molecule has 6 rings (SSSR count). The Bertz CT molecular complexity index is 1060. The van der Waals surface area contributed by atoms with E-state index >= 15 is 0 Å². The summed E-state index contributed by atoms with van der Waals surface area (Å²) in [5.74, 6) is 5.00. The third-order valence-corrected chi connectivity index (χ3v) is 8.25. The molecule has 1 saturated carbocycles. The number of pyridine rings is 1. The lowest BCUT2D eigenvalue weighted by molar-refractivity contribution is 0.0939. The minimum atomic E-state index is 0.230. The molecule has 4 aliphatic rings. The predicted molar refractivity (Wildman–Crippen MR) is 134 cm³/mol. The van der Waals surface area contributed by atoms with Crippen molar-refractivity contribution in [3.63, 3.8) is 0 Å². The topological polar surface area (TPSA) is 64.1 Å². The van der Waals surface area contributed by atoms with E-state index in [0.29, 0.717) is 18.1 Å². The van der Waals surface area contributed by atoms with Crippen LogP contribution in [-0.2, 0) is 6.42 Å².